The summed E-state index contributed by atoms with van der Waals surface area (Å²) in [6, 6.07) is 7.54. The zero-order chi connectivity index (χ0) is 11.0. The van der Waals surface area contributed by atoms with Gasteiger partial charge in [-0.1, -0.05) is 6.07 Å². The van der Waals surface area contributed by atoms with E-state index in [0.717, 1.165) is 11.2 Å². The van der Waals surface area contributed by atoms with Crippen LogP contribution in [0, 0.1) is 0 Å². The Morgan fingerprint density at radius 1 is 1.25 bits per heavy atom. The number of hydrogen-bond donors (Lipinski definition) is 1. The summed E-state index contributed by atoms with van der Waals surface area (Å²) in [4.78, 5) is 0. The average Bonchev–Trinajstić information content (AvgIpc) is 2.96. The third-order valence-corrected chi connectivity index (χ3v) is 2.48. The van der Waals surface area contributed by atoms with Gasteiger partial charge in [0.2, 0.25) is 5.82 Å². The van der Waals surface area contributed by atoms with Gasteiger partial charge in [0, 0.05) is 18.3 Å². The first-order valence-corrected chi connectivity index (χ1v) is 4.96. The van der Waals surface area contributed by atoms with Gasteiger partial charge in [-0.15, -0.1) is 10.2 Å². The van der Waals surface area contributed by atoms with Crippen molar-refractivity contribution < 1.29 is 4.42 Å². The molecule has 3 aromatic rings. The first-order valence-electron chi connectivity index (χ1n) is 4.96. The zero-order valence-corrected chi connectivity index (χ0v) is 8.50. The molecule has 0 radical (unpaired) electrons. The lowest BCUT2D eigenvalue weighted by Crippen LogP contribution is -1.99. The van der Waals surface area contributed by atoms with Crippen LogP contribution in [0.1, 0.15) is 5.56 Å². The summed E-state index contributed by atoms with van der Waals surface area (Å²) in [6.07, 6.45) is 3.51. The largest absolute Gasteiger partial charge is 0.461 e. The van der Waals surface area contributed by atoms with E-state index in [0.29, 0.717) is 18.1 Å². The highest BCUT2D eigenvalue weighted by Gasteiger charge is 2.11. The van der Waals surface area contributed by atoms with Gasteiger partial charge in [0.05, 0.1) is 6.26 Å². The third-order valence-electron chi connectivity index (χ3n) is 2.48. The zero-order valence-electron chi connectivity index (χ0n) is 8.50. The molecule has 0 spiro atoms. The van der Waals surface area contributed by atoms with E-state index in [4.69, 9.17) is 10.2 Å². The number of fused-ring (bicyclic) bond motifs is 1. The van der Waals surface area contributed by atoms with Crippen LogP contribution in [0.15, 0.2) is 41.1 Å². The lowest BCUT2D eigenvalue weighted by Gasteiger charge is -1.99. The molecule has 3 heterocycles. The molecule has 3 aromatic heterocycles. The first kappa shape index (κ1) is 9.11. The lowest BCUT2D eigenvalue weighted by atomic mass is 10.2. The minimum Gasteiger partial charge on any atom is -0.461 e. The Labute approximate surface area is 91.5 Å². The van der Waals surface area contributed by atoms with Crippen molar-refractivity contribution >= 4 is 5.65 Å². The van der Waals surface area contributed by atoms with Gasteiger partial charge in [-0.3, -0.25) is 4.40 Å². The molecular weight excluding hydrogens is 204 g/mol. The number of aromatic nitrogens is 3. The molecular formula is C11H10N4O. The Bertz CT molecular complexity index is 612. The van der Waals surface area contributed by atoms with E-state index >= 15 is 0 Å². The van der Waals surface area contributed by atoms with E-state index < -0.39 is 0 Å². The number of nitrogens with zero attached hydrogens (tertiary/aromatic N) is 3. The predicted octanol–water partition coefficient (Wildman–Crippen LogP) is 1.45. The molecule has 0 saturated carbocycles. The summed E-state index contributed by atoms with van der Waals surface area (Å²) >= 11 is 0. The van der Waals surface area contributed by atoms with Crippen molar-refractivity contribution in [1.82, 2.24) is 14.6 Å². The van der Waals surface area contributed by atoms with E-state index in [1.165, 1.54) is 0 Å². The third kappa shape index (κ3) is 1.22. The molecule has 0 unspecified atom stereocenters. The summed E-state index contributed by atoms with van der Waals surface area (Å²) < 4.78 is 7.18. The standard InChI is InChI=1S/C11H10N4O/c12-7-8-3-1-5-15-10(8)13-14-11(15)9-4-2-6-16-9/h1-6H,7,12H2. The molecule has 80 valence electrons. The van der Waals surface area contributed by atoms with Crippen molar-refractivity contribution in [2.45, 2.75) is 6.54 Å². The molecule has 0 aliphatic heterocycles. The van der Waals surface area contributed by atoms with E-state index in [-0.39, 0.29) is 0 Å². The van der Waals surface area contributed by atoms with Gasteiger partial charge in [0.25, 0.3) is 0 Å². The molecule has 0 aliphatic rings. The molecule has 3 rings (SSSR count). The molecule has 0 atom stereocenters. The molecule has 5 nitrogen and oxygen atoms in total. The van der Waals surface area contributed by atoms with Crippen molar-refractivity contribution in [3.8, 4) is 11.6 Å². The molecule has 5 heteroatoms. The molecule has 0 aromatic carbocycles. The highest BCUT2D eigenvalue weighted by atomic mass is 16.3. The van der Waals surface area contributed by atoms with Gasteiger partial charge >= 0.3 is 0 Å². The fraction of sp³-hybridized carbons (Fsp3) is 0.0909. The number of nitrogens with two attached hydrogens (primary N) is 1. The number of hydrogen-bond acceptors (Lipinski definition) is 4. The number of rotatable bonds is 2. The van der Waals surface area contributed by atoms with Crippen LogP contribution in [-0.4, -0.2) is 14.6 Å². The molecule has 0 amide bonds. The SMILES string of the molecule is NCc1cccn2c(-c3ccco3)nnc12. The second-order valence-electron chi connectivity index (χ2n) is 3.43. The maximum atomic E-state index is 5.64. The first-order chi connectivity index (χ1) is 7.90. The molecule has 0 aliphatic carbocycles. The summed E-state index contributed by atoms with van der Waals surface area (Å²) in [6.45, 7) is 0.445. The van der Waals surface area contributed by atoms with Crippen molar-refractivity contribution in [3.05, 3.63) is 42.3 Å². The Kier molecular flexibility index (Phi) is 1.97. The minimum atomic E-state index is 0.445. The topological polar surface area (TPSA) is 69.3 Å². The maximum absolute atomic E-state index is 5.64. The minimum absolute atomic E-state index is 0.445. The number of furan rings is 1. The summed E-state index contributed by atoms with van der Waals surface area (Å²) in [7, 11) is 0. The molecule has 0 fully saturated rings. The second kappa shape index (κ2) is 3.46. The average molecular weight is 214 g/mol. The van der Waals surface area contributed by atoms with Crippen LogP contribution < -0.4 is 5.73 Å². The summed E-state index contributed by atoms with van der Waals surface area (Å²) in [5, 5.41) is 8.23. The monoisotopic (exact) mass is 214 g/mol. The number of pyridine rings is 1. The Hall–Kier alpha value is -2.14. The van der Waals surface area contributed by atoms with Gasteiger partial charge in [-0.2, -0.15) is 0 Å². The van der Waals surface area contributed by atoms with E-state index in [1.807, 2.05) is 34.9 Å². The van der Waals surface area contributed by atoms with Crippen molar-refractivity contribution in [1.29, 1.82) is 0 Å². The van der Waals surface area contributed by atoms with Gasteiger partial charge in [0.1, 0.15) is 0 Å². The smallest absolute Gasteiger partial charge is 0.204 e. The van der Waals surface area contributed by atoms with Gasteiger partial charge in [-0.05, 0) is 18.2 Å². The Balaban J connectivity index is 2.29. The normalized spacial score (nSPS) is 11.1. The maximum Gasteiger partial charge on any atom is 0.204 e. The van der Waals surface area contributed by atoms with E-state index in [9.17, 15) is 0 Å². The quantitative estimate of drug-likeness (QED) is 0.701. The van der Waals surface area contributed by atoms with Gasteiger partial charge in [-0.25, -0.2) is 0 Å². The van der Waals surface area contributed by atoms with Crippen molar-refractivity contribution in [2.24, 2.45) is 5.73 Å². The molecule has 2 N–H and O–H groups in total. The lowest BCUT2D eigenvalue weighted by molar-refractivity contribution is 0.576. The van der Waals surface area contributed by atoms with E-state index in [1.54, 1.807) is 6.26 Å². The Morgan fingerprint density at radius 3 is 2.94 bits per heavy atom. The van der Waals surface area contributed by atoms with E-state index in [2.05, 4.69) is 10.2 Å². The van der Waals surface area contributed by atoms with Crippen molar-refractivity contribution in [2.75, 3.05) is 0 Å². The van der Waals surface area contributed by atoms with Crippen LogP contribution >= 0.6 is 0 Å². The van der Waals surface area contributed by atoms with Crippen LogP contribution in [0.5, 0.6) is 0 Å². The van der Waals surface area contributed by atoms with Crippen LogP contribution in [0.4, 0.5) is 0 Å². The van der Waals surface area contributed by atoms with Gasteiger partial charge < -0.3 is 10.2 Å². The highest BCUT2D eigenvalue weighted by Crippen LogP contribution is 2.19. The van der Waals surface area contributed by atoms with Crippen LogP contribution in [0.25, 0.3) is 17.2 Å². The van der Waals surface area contributed by atoms with Crippen LogP contribution in [-0.2, 0) is 6.54 Å². The second-order valence-corrected chi connectivity index (χ2v) is 3.43. The van der Waals surface area contributed by atoms with Crippen molar-refractivity contribution in [3.63, 3.8) is 0 Å². The molecule has 16 heavy (non-hydrogen) atoms. The fourth-order valence-electron chi connectivity index (χ4n) is 1.70. The fourth-order valence-corrected chi connectivity index (χ4v) is 1.70. The van der Waals surface area contributed by atoms with Gasteiger partial charge in [0.15, 0.2) is 11.4 Å². The predicted molar refractivity (Wildman–Crippen MR) is 58.6 cm³/mol. The summed E-state index contributed by atoms with van der Waals surface area (Å²) in [5.41, 5.74) is 7.38. The molecule has 0 bridgehead atoms. The van der Waals surface area contributed by atoms with Crippen LogP contribution in [0.2, 0.25) is 0 Å². The molecule has 0 saturated heterocycles. The van der Waals surface area contributed by atoms with Crippen LogP contribution in [0.3, 0.4) is 0 Å². The highest BCUT2D eigenvalue weighted by molar-refractivity contribution is 5.56. The summed E-state index contributed by atoms with van der Waals surface area (Å²) in [5.74, 6) is 1.39. The Morgan fingerprint density at radius 2 is 2.19 bits per heavy atom.